The van der Waals surface area contributed by atoms with Crippen LogP contribution in [0.5, 0.6) is 0 Å². The first-order valence-corrected chi connectivity index (χ1v) is 7.50. The van der Waals surface area contributed by atoms with Gasteiger partial charge in [0.2, 0.25) is 5.95 Å². The second kappa shape index (κ2) is 8.24. The second-order valence-corrected chi connectivity index (χ2v) is 5.31. The summed E-state index contributed by atoms with van der Waals surface area (Å²) in [6, 6.07) is 9.70. The third kappa shape index (κ3) is 5.34. The molecule has 0 fully saturated rings. The van der Waals surface area contributed by atoms with Gasteiger partial charge in [-0.15, -0.1) is 0 Å². The van der Waals surface area contributed by atoms with Crippen LogP contribution in [0.15, 0.2) is 30.3 Å². The SMILES string of the molecule is COCCNc1nc(C)cc(C(=O)NCc2cccc(C)c2)n1. The van der Waals surface area contributed by atoms with E-state index in [0.717, 1.165) is 11.3 Å². The van der Waals surface area contributed by atoms with Gasteiger partial charge in [0, 0.05) is 25.9 Å². The molecule has 122 valence electrons. The Kier molecular flexibility index (Phi) is 6.05. The van der Waals surface area contributed by atoms with Gasteiger partial charge in [0.1, 0.15) is 5.69 Å². The average Bonchev–Trinajstić information content (AvgIpc) is 2.52. The van der Waals surface area contributed by atoms with E-state index in [0.29, 0.717) is 31.3 Å². The monoisotopic (exact) mass is 314 g/mol. The molecule has 0 unspecified atom stereocenters. The van der Waals surface area contributed by atoms with Crippen molar-refractivity contribution in [3.8, 4) is 0 Å². The van der Waals surface area contributed by atoms with Crippen molar-refractivity contribution < 1.29 is 9.53 Å². The molecule has 0 radical (unpaired) electrons. The third-order valence-electron chi connectivity index (χ3n) is 3.21. The number of nitrogens with one attached hydrogen (secondary N) is 2. The molecular formula is C17H22N4O2. The molecule has 2 N–H and O–H groups in total. The van der Waals surface area contributed by atoms with Crippen LogP contribution in [0.4, 0.5) is 5.95 Å². The summed E-state index contributed by atoms with van der Waals surface area (Å²) in [5, 5.41) is 5.92. The van der Waals surface area contributed by atoms with E-state index in [1.54, 1.807) is 13.2 Å². The number of ether oxygens (including phenoxy) is 1. The minimum absolute atomic E-state index is 0.216. The predicted molar refractivity (Wildman–Crippen MR) is 89.5 cm³/mol. The van der Waals surface area contributed by atoms with E-state index in [1.165, 1.54) is 5.56 Å². The van der Waals surface area contributed by atoms with Gasteiger partial charge in [-0.05, 0) is 25.5 Å². The zero-order chi connectivity index (χ0) is 16.7. The summed E-state index contributed by atoms with van der Waals surface area (Å²) in [6.45, 7) is 5.46. The van der Waals surface area contributed by atoms with E-state index in [2.05, 4.69) is 20.6 Å². The Hall–Kier alpha value is -2.47. The van der Waals surface area contributed by atoms with Gasteiger partial charge >= 0.3 is 0 Å². The lowest BCUT2D eigenvalue weighted by atomic mass is 10.1. The number of aryl methyl sites for hydroxylation is 2. The molecule has 0 bridgehead atoms. The minimum atomic E-state index is -0.216. The fourth-order valence-corrected chi connectivity index (χ4v) is 2.12. The third-order valence-corrected chi connectivity index (χ3v) is 3.21. The number of hydrogen-bond acceptors (Lipinski definition) is 5. The zero-order valence-electron chi connectivity index (χ0n) is 13.7. The van der Waals surface area contributed by atoms with Crippen LogP contribution in [-0.2, 0) is 11.3 Å². The largest absolute Gasteiger partial charge is 0.383 e. The lowest BCUT2D eigenvalue weighted by Crippen LogP contribution is -2.24. The van der Waals surface area contributed by atoms with Crippen molar-refractivity contribution in [1.29, 1.82) is 0 Å². The molecule has 0 aliphatic carbocycles. The maximum atomic E-state index is 12.3. The van der Waals surface area contributed by atoms with Crippen LogP contribution in [0, 0.1) is 13.8 Å². The van der Waals surface area contributed by atoms with E-state index >= 15 is 0 Å². The predicted octanol–water partition coefficient (Wildman–Crippen LogP) is 2.08. The van der Waals surface area contributed by atoms with Crippen LogP contribution in [0.1, 0.15) is 27.3 Å². The number of nitrogens with zero attached hydrogens (tertiary/aromatic N) is 2. The number of carbonyl (C=O) groups is 1. The zero-order valence-corrected chi connectivity index (χ0v) is 13.7. The Morgan fingerprint density at radius 2 is 2.04 bits per heavy atom. The van der Waals surface area contributed by atoms with Crippen molar-refractivity contribution >= 4 is 11.9 Å². The highest BCUT2D eigenvalue weighted by Crippen LogP contribution is 2.07. The van der Waals surface area contributed by atoms with Crippen LogP contribution in [0.2, 0.25) is 0 Å². The molecule has 0 aliphatic rings. The second-order valence-electron chi connectivity index (χ2n) is 5.31. The standard InChI is InChI=1S/C17H22N4O2/c1-12-5-4-6-14(9-12)11-19-16(22)15-10-13(2)20-17(21-15)18-7-8-23-3/h4-6,9-10H,7-8,11H2,1-3H3,(H,19,22)(H,18,20,21). The highest BCUT2D eigenvalue weighted by atomic mass is 16.5. The minimum Gasteiger partial charge on any atom is -0.383 e. The normalized spacial score (nSPS) is 10.4. The summed E-state index contributed by atoms with van der Waals surface area (Å²) in [4.78, 5) is 20.8. The molecule has 2 aromatic rings. The van der Waals surface area contributed by atoms with Crippen LogP contribution in [0.3, 0.4) is 0 Å². The first kappa shape index (κ1) is 16.9. The molecule has 0 aliphatic heterocycles. The molecule has 6 nitrogen and oxygen atoms in total. The number of anilines is 1. The Morgan fingerprint density at radius 3 is 2.78 bits per heavy atom. The molecule has 2 rings (SSSR count). The van der Waals surface area contributed by atoms with Crippen LogP contribution in [0.25, 0.3) is 0 Å². The molecule has 23 heavy (non-hydrogen) atoms. The Morgan fingerprint density at radius 1 is 1.22 bits per heavy atom. The number of aromatic nitrogens is 2. The van der Waals surface area contributed by atoms with Crippen molar-refractivity contribution in [2.45, 2.75) is 20.4 Å². The highest BCUT2D eigenvalue weighted by Gasteiger charge is 2.10. The molecule has 6 heteroatoms. The van der Waals surface area contributed by atoms with Gasteiger partial charge in [0.05, 0.1) is 6.61 Å². The number of rotatable bonds is 7. The first-order valence-electron chi connectivity index (χ1n) is 7.50. The molecule has 1 aromatic heterocycles. The van der Waals surface area contributed by atoms with Gasteiger partial charge < -0.3 is 15.4 Å². The van der Waals surface area contributed by atoms with E-state index in [-0.39, 0.29) is 5.91 Å². The smallest absolute Gasteiger partial charge is 0.270 e. The first-order chi connectivity index (χ1) is 11.1. The summed E-state index contributed by atoms with van der Waals surface area (Å²) >= 11 is 0. The summed E-state index contributed by atoms with van der Waals surface area (Å²) in [6.07, 6.45) is 0. The molecule has 0 atom stereocenters. The lowest BCUT2D eigenvalue weighted by Gasteiger charge is -2.09. The topological polar surface area (TPSA) is 76.1 Å². The van der Waals surface area contributed by atoms with Gasteiger partial charge in [-0.25, -0.2) is 9.97 Å². The Labute approximate surface area is 136 Å². The van der Waals surface area contributed by atoms with Crippen molar-refractivity contribution in [3.63, 3.8) is 0 Å². The van der Waals surface area contributed by atoms with Crippen LogP contribution >= 0.6 is 0 Å². The van der Waals surface area contributed by atoms with Crippen LogP contribution < -0.4 is 10.6 Å². The van der Waals surface area contributed by atoms with Gasteiger partial charge in [-0.2, -0.15) is 0 Å². The fourth-order valence-electron chi connectivity index (χ4n) is 2.12. The molecular weight excluding hydrogens is 292 g/mol. The number of carbonyl (C=O) groups excluding carboxylic acids is 1. The van der Waals surface area contributed by atoms with Gasteiger partial charge in [0.25, 0.3) is 5.91 Å². The summed E-state index contributed by atoms with van der Waals surface area (Å²) in [5.41, 5.74) is 3.31. The molecule has 0 saturated carbocycles. The van der Waals surface area contributed by atoms with Crippen molar-refractivity contribution in [1.82, 2.24) is 15.3 Å². The van der Waals surface area contributed by atoms with Crippen molar-refractivity contribution in [2.24, 2.45) is 0 Å². The summed E-state index contributed by atoms with van der Waals surface area (Å²) in [5.74, 6) is 0.217. The highest BCUT2D eigenvalue weighted by molar-refractivity contribution is 5.92. The average molecular weight is 314 g/mol. The van der Waals surface area contributed by atoms with E-state index in [9.17, 15) is 4.79 Å². The molecule has 0 spiro atoms. The molecule has 0 saturated heterocycles. The lowest BCUT2D eigenvalue weighted by molar-refractivity contribution is 0.0945. The number of amides is 1. The number of benzene rings is 1. The number of hydrogen-bond donors (Lipinski definition) is 2. The molecule has 1 amide bonds. The van der Waals surface area contributed by atoms with E-state index in [1.807, 2.05) is 38.1 Å². The number of methoxy groups -OCH3 is 1. The van der Waals surface area contributed by atoms with Crippen LogP contribution in [-0.4, -0.2) is 36.1 Å². The van der Waals surface area contributed by atoms with Crippen molar-refractivity contribution in [2.75, 3.05) is 25.6 Å². The van der Waals surface area contributed by atoms with E-state index in [4.69, 9.17) is 4.74 Å². The van der Waals surface area contributed by atoms with Crippen molar-refractivity contribution in [3.05, 3.63) is 52.8 Å². The van der Waals surface area contributed by atoms with Gasteiger partial charge in [-0.3, -0.25) is 4.79 Å². The Bertz CT molecular complexity index is 673. The Balaban J connectivity index is 2.00. The molecule has 1 aromatic carbocycles. The van der Waals surface area contributed by atoms with Gasteiger partial charge in [-0.1, -0.05) is 29.8 Å². The van der Waals surface area contributed by atoms with E-state index < -0.39 is 0 Å². The van der Waals surface area contributed by atoms with Gasteiger partial charge in [0.15, 0.2) is 0 Å². The fraction of sp³-hybridized carbons (Fsp3) is 0.353. The maximum absolute atomic E-state index is 12.3. The molecule has 1 heterocycles. The quantitative estimate of drug-likeness (QED) is 0.765. The summed E-state index contributed by atoms with van der Waals surface area (Å²) in [7, 11) is 1.63. The maximum Gasteiger partial charge on any atom is 0.270 e. The summed E-state index contributed by atoms with van der Waals surface area (Å²) < 4.78 is 4.97.